The molecule has 21 heavy (non-hydrogen) atoms. The molecule has 4 atom stereocenters. The van der Waals surface area contributed by atoms with E-state index in [1.807, 2.05) is 0 Å². The Morgan fingerprint density at radius 3 is 2.67 bits per heavy atom. The van der Waals surface area contributed by atoms with Crippen LogP contribution in [0.3, 0.4) is 0 Å². The van der Waals surface area contributed by atoms with Crippen molar-refractivity contribution in [3.05, 3.63) is 29.3 Å². The Morgan fingerprint density at radius 2 is 1.81 bits per heavy atom. The van der Waals surface area contributed by atoms with Crippen LogP contribution in [0.15, 0.2) is 18.2 Å². The van der Waals surface area contributed by atoms with Crippen molar-refractivity contribution in [2.24, 2.45) is 17.8 Å². The zero-order chi connectivity index (χ0) is 14.4. The number of rotatable bonds is 1. The summed E-state index contributed by atoms with van der Waals surface area (Å²) in [6.45, 7) is 0. The molecule has 0 radical (unpaired) electrons. The number of ether oxygens (including phenoxy) is 1. The number of fused-ring (bicyclic) bond motifs is 5. The monoisotopic (exact) mass is 284 g/mol. The van der Waals surface area contributed by atoms with Gasteiger partial charge in [0.1, 0.15) is 11.5 Å². The first-order chi connectivity index (χ1) is 10.3. The van der Waals surface area contributed by atoms with E-state index in [0.717, 1.165) is 37.4 Å². The summed E-state index contributed by atoms with van der Waals surface area (Å²) < 4.78 is 5.37. The van der Waals surface area contributed by atoms with Crippen molar-refractivity contribution in [2.75, 3.05) is 7.11 Å². The van der Waals surface area contributed by atoms with Gasteiger partial charge >= 0.3 is 0 Å². The van der Waals surface area contributed by atoms with Crippen LogP contribution in [0.2, 0.25) is 0 Å². The van der Waals surface area contributed by atoms with Crippen LogP contribution in [0.5, 0.6) is 5.75 Å². The van der Waals surface area contributed by atoms with E-state index >= 15 is 0 Å². The zero-order valence-electron chi connectivity index (χ0n) is 12.8. The van der Waals surface area contributed by atoms with Crippen LogP contribution in [-0.4, -0.2) is 12.9 Å². The molecule has 2 heteroatoms. The molecule has 0 bridgehead atoms. The third-order valence-electron chi connectivity index (χ3n) is 6.24. The first-order valence-corrected chi connectivity index (χ1v) is 8.47. The quantitative estimate of drug-likeness (QED) is 0.775. The summed E-state index contributed by atoms with van der Waals surface area (Å²) in [5.74, 6) is 4.03. The largest absolute Gasteiger partial charge is 0.497 e. The van der Waals surface area contributed by atoms with Gasteiger partial charge in [-0.25, -0.2) is 0 Å². The van der Waals surface area contributed by atoms with Crippen molar-refractivity contribution >= 4 is 5.78 Å². The van der Waals surface area contributed by atoms with Crippen LogP contribution < -0.4 is 4.74 Å². The maximum absolute atomic E-state index is 12.2. The van der Waals surface area contributed by atoms with Gasteiger partial charge < -0.3 is 4.74 Å². The number of aryl methyl sites for hydroxylation is 1. The van der Waals surface area contributed by atoms with E-state index in [2.05, 4.69) is 18.2 Å². The molecule has 0 spiro atoms. The first-order valence-electron chi connectivity index (χ1n) is 8.47. The Bertz CT molecular complexity index is 563. The fourth-order valence-corrected chi connectivity index (χ4v) is 5.31. The maximum Gasteiger partial charge on any atom is 0.136 e. The smallest absolute Gasteiger partial charge is 0.136 e. The van der Waals surface area contributed by atoms with Gasteiger partial charge in [0.2, 0.25) is 0 Å². The molecule has 0 saturated heterocycles. The Balaban J connectivity index is 1.66. The highest BCUT2D eigenvalue weighted by molar-refractivity contribution is 5.82. The molecule has 2 fully saturated rings. The SMILES string of the molecule is COc1ccc2c(c1)CC[C@@H]1[C@H]3CCCC(=O)[C@@H]3CC[C@@H]21. The van der Waals surface area contributed by atoms with Gasteiger partial charge in [0.15, 0.2) is 0 Å². The van der Waals surface area contributed by atoms with E-state index < -0.39 is 0 Å². The van der Waals surface area contributed by atoms with E-state index in [1.54, 1.807) is 12.7 Å². The Morgan fingerprint density at radius 1 is 1.00 bits per heavy atom. The number of carbonyl (C=O) groups is 1. The second-order valence-electron chi connectivity index (χ2n) is 7.08. The number of carbonyl (C=O) groups excluding carboxylic acids is 1. The summed E-state index contributed by atoms with van der Waals surface area (Å²) in [6, 6.07) is 6.62. The number of hydrogen-bond donors (Lipinski definition) is 0. The predicted molar refractivity (Wildman–Crippen MR) is 82.6 cm³/mol. The molecular weight excluding hydrogens is 260 g/mol. The molecule has 3 aliphatic carbocycles. The van der Waals surface area contributed by atoms with Crippen molar-refractivity contribution in [2.45, 2.75) is 50.9 Å². The van der Waals surface area contributed by atoms with E-state index in [-0.39, 0.29) is 0 Å². The fourth-order valence-electron chi connectivity index (χ4n) is 5.31. The average molecular weight is 284 g/mol. The topological polar surface area (TPSA) is 26.3 Å². The Hall–Kier alpha value is -1.31. The lowest BCUT2D eigenvalue weighted by atomic mass is 9.56. The minimum Gasteiger partial charge on any atom is -0.497 e. The highest BCUT2D eigenvalue weighted by atomic mass is 16.5. The minimum absolute atomic E-state index is 0.389. The van der Waals surface area contributed by atoms with Gasteiger partial charge in [0.05, 0.1) is 7.11 Å². The third-order valence-corrected chi connectivity index (χ3v) is 6.24. The molecule has 3 aliphatic rings. The maximum atomic E-state index is 12.2. The molecule has 0 aliphatic heterocycles. The summed E-state index contributed by atoms with van der Waals surface area (Å²) in [5.41, 5.74) is 3.03. The Labute approximate surface area is 126 Å². The molecule has 2 saturated carbocycles. The van der Waals surface area contributed by atoms with Gasteiger partial charge in [-0.3, -0.25) is 4.79 Å². The van der Waals surface area contributed by atoms with Crippen LogP contribution in [0.25, 0.3) is 0 Å². The molecule has 1 aromatic carbocycles. The average Bonchev–Trinajstić information content (AvgIpc) is 2.54. The molecule has 0 heterocycles. The van der Waals surface area contributed by atoms with Gasteiger partial charge in [-0.1, -0.05) is 6.07 Å². The molecule has 0 amide bonds. The van der Waals surface area contributed by atoms with Crippen molar-refractivity contribution in [3.63, 3.8) is 0 Å². The van der Waals surface area contributed by atoms with E-state index in [0.29, 0.717) is 23.5 Å². The second kappa shape index (κ2) is 5.15. The molecule has 0 aromatic heterocycles. The molecule has 0 N–H and O–H groups in total. The number of hydrogen-bond acceptors (Lipinski definition) is 2. The van der Waals surface area contributed by atoms with Crippen LogP contribution >= 0.6 is 0 Å². The molecule has 112 valence electrons. The van der Waals surface area contributed by atoms with Crippen molar-refractivity contribution in [1.29, 1.82) is 0 Å². The minimum atomic E-state index is 0.389. The van der Waals surface area contributed by atoms with Crippen LogP contribution in [0.1, 0.15) is 55.6 Å². The number of methoxy groups -OCH3 is 1. The molecule has 0 unspecified atom stereocenters. The molecular formula is C19H24O2. The number of Topliss-reactive ketones (excluding diaryl/α,β-unsaturated/α-hetero) is 1. The molecule has 1 aromatic rings. The van der Waals surface area contributed by atoms with Gasteiger partial charge in [0.25, 0.3) is 0 Å². The number of ketones is 1. The van der Waals surface area contributed by atoms with Gasteiger partial charge in [0, 0.05) is 12.3 Å². The fraction of sp³-hybridized carbons (Fsp3) is 0.632. The predicted octanol–water partition coefficient (Wildman–Crippen LogP) is 4.12. The summed E-state index contributed by atoms with van der Waals surface area (Å²) >= 11 is 0. The molecule has 4 rings (SSSR count). The van der Waals surface area contributed by atoms with Crippen molar-refractivity contribution in [1.82, 2.24) is 0 Å². The summed E-state index contributed by atoms with van der Waals surface area (Å²) in [6.07, 6.45) is 7.99. The zero-order valence-corrected chi connectivity index (χ0v) is 12.8. The highest BCUT2D eigenvalue weighted by Crippen LogP contribution is 2.53. The first kappa shape index (κ1) is 13.4. The Kier molecular flexibility index (Phi) is 3.28. The van der Waals surface area contributed by atoms with Crippen LogP contribution in [0.4, 0.5) is 0 Å². The second-order valence-corrected chi connectivity index (χ2v) is 7.08. The van der Waals surface area contributed by atoms with Crippen molar-refractivity contribution < 1.29 is 9.53 Å². The number of benzene rings is 1. The molecule has 2 nitrogen and oxygen atoms in total. The third kappa shape index (κ3) is 2.11. The normalized spacial score (nSPS) is 34.6. The standard InChI is InChI=1S/C19H24O2/c1-21-13-6-8-14-12(11-13)5-7-17-15-3-2-4-19(20)18(15)10-9-16(14)17/h6,8,11,15-18H,2-5,7,9-10H2,1H3/t15-,16+,17-,18-/m1/s1. The van der Waals surface area contributed by atoms with E-state index in [1.165, 1.54) is 24.8 Å². The van der Waals surface area contributed by atoms with E-state index in [9.17, 15) is 4.79 Å². The van der Waals surface area contributed by atoms with Gasteiger partial charge in [-0.05, 0) is 79.5 Å². The van der Waals surface area contributed by atoms with Crippen LogP contribution in [0, 0.1) is 17.8 Å². The van der Waals surface area contributed by atoms with Gasteiger partial charge in [-0.2, -0.15) is 0 Å². The lowest BCUT2D eigenvalue weighted by Crippen LogP contribution is -2.41. The highest BCUT2D eigenvalue weighted by Gasteiger charge is 2.45. The summed E-state index contributed by atoms with van der Waals surface area (Å²) in [7, 11) is 1.74. The summed E-state index contributed by atoms with van der Waals surface area (Å²) in [4.78, 5) is 12.2. The summed E-state index contributed by atoms with van der Waals surface area (Å²) in [5, 5.41) is 0. The lowest BCUT2D eigenvalue weighted by Gasteiger charge is -2.47. The van der Waals surface area contributed by atoms with Crippen molar-refractivity contribution in [3.8, 4) is 5.75 Å². The lowest BCUT2D eigenvalue weighted by molar-refractivity contribution is -0.130. The van der Waals surface area contributed by atoms with E-state index in [4.69, 9.17) is 4.74 Å². The van der Waals surface area contributed by atoms with Crippen LogP contribution in [-0.2, 0) is 11.2 Å². The van der Waals surface area contributed by atoms with Gasteiger partial charge in [-0.15, -0.1) is 0 Å².